The average Bonchev–Trinajstić information content (AvgIpc) is 2.84. The predicted molar refractivity (Wildman–Crippen MR) is 99.8 cm³/mol. The Morgan fingerprint density at radius 3 is 2.78 bits per heavy atom. The zero-order valence-corrected chi connectivity index (χ0v) is 14.6. The van der Waals surface area contributed by atoms with Crippen LogP contribution in [-0.4, -0.2) is 44.2 Å². The molecule has 3 nitrogen and oxygen atoms in total. The quantitative estimate of drug-likeness (QED) is 0.902. The largest absolute Gasteiger partial charge is 0.492 e. The van der Waals surface area contributed by atoms with Crippen LogP contribution in [-0.2, 0) is 0 Å². The van der Waals surface area contributed by atoms with Gasteiger partial charge in [0.15, 0.2) is 0 Å². The molecular weight excluding hydrogens is 308 g/mol. The van der Waals surface area contributed by atoms with Gasteiger partial charge >= 0.3 is 0 Å². The molecule has 3 rings (SSSR count). The first-order valence-corrected chi connectivity index (χ1v) is 8.35. The number of rotatable bonds is 5. The fraction of sp³-hybridized carbons (Fsp3) is 0.474. The van der Waals surface area contributed by atoms with Gasteiger partial charge in [-0.3, -0.25) is 4.90 Å². The van der Waals surface area contributed by atoms with Crippen LogP contribution >= 0.6 is 12.4 Å². The highest BCUT2D eigenvalue weighted by atomic mass is 35.5. The maximum Gasteiger partial charge on any atom is 0.120 e. The van der Waals surface area contributed by atoms with E-state index in [2.05, 4.69) is 59.7 Å². The van der Waals surface area contributed by atoms with Gasteiger partial charge in [0.1, 0.15) is 12.4 Å². The summed E-state index contributed by atoms with van der Waals surface area (Å²) in [5.41, 5.74) is 0. The molecule has 1 N–H and O–H groups in total. The lowest BCUT2D eigenvalue weighted by Gasteiger charge is -2.26. The highest BCUT2D eigenvalue weighted by Crippen LogP contribution is 2.20. The Balaban J connectivity index is 0.00000192. The van der Waals surface area contributed by atoms with Crippen LogP contribution in [0.25, 0.3) is 10.8 Å². The van der Waals surface area contributed by atoms with Crippen LogP contribution in [0.5, 0.6) is 5.75 Å². The van der Waals surface area contributed by atoms with Gasteiger partial charge < -0.3 is 10.1 Å². The third-order valence-electron chi connectivity index (χ3n) is 4.60. The zero-order valence-electron chi connectivity index (χ0n) is 13.8. The summed E-state index contributed by atoms with van der Waals surface area (Å²) in [7, 11) is 2.22. The second-order valence-electron chi connectivity index (χ2n) is 6.17. The van der Waals surface area contributed by atoms with Crippen LogP contribution in [0.3, 0.4) is 0 Å². The molecule has 0 radical (unpaired) electrons. The number of fused-ring (bicyclic) bond motifs is 1. The van der Waals surface area contributed by atoms with Gasteiger partial charge in [0.2, 0.25) is 0 Å². The molecule has 1 aliphatic heterocycles. The molecule has 2 aromatic rings. The van der Waals surface area contributed by atoms with Gasteiger partial charge in [-0.25, -0.2) is 0 Å². The molecule has 4 heteroatoms. The molecule has 0 aliphatic carbocycles. The summed E-state index contributed by atoms with van der Waals surface area (Å²) in [6, 6.07) is 15.4. The Bertz CT molecular complexity index is 597. The van der Waals surface area contributed by atoms with E-state index in [-0.39, 0.29) is 12.4 Å². The number of nitrogens with zero attached hydrogens (tertiary/aromatic N) is 1. The van der Waals surface area contributed by atoms with E-state index >= 15 is 0 Å². The molecule has 0 saturated carbocycles. The van der Waals surface area contributed by atoms with Gasteiger partial charge in [0, 0.05) is 12.6 Å². The van der Waals surface area contributed by atoms with Gasteiger partial charge in [-0.15, -0.1) is 12.4 Å². The molecule has 1 atom stereocenters. The molecule has 1 fully saturated rings. The molecule has 1 aliphatic rings. The number of hydrogen-bond donors (Lipinski definition) is 1. The van der Waals surface area contributed by atoms with Gasteiger partial charge in [-0.2, -0.15) is 0 Å². The summed E-state index contributed by atoms with van der Waals surface area (Å²) < 4.78 is 5.95. The first-order valence-electron chi connectivity index (χ1n) is 8.35. The number of ether oxygens (including phenoxy) is 1. The van der Waals surface area contributed by atoms with Crippen molar-refractivity contribution >= 4 is 23.2 Å². The first kappa shape index (κ1) is 18.1. The van der Waals surface area contributed by atoms with Crippen molar-refractivity contribution in [1.82, 2.24) is 10.2 Å². The Hall–Kier alpha value is -1.29. The molecule has 2 aromatic carbocycles. The second kappa shape index (κ2) is 9.11. The first-order chi connectivity index (χ1) is 10.8. The third kappa shape index (κ3) is 5.10. The molecule has 126 valence electrons. The highest BCUT2D eigenvalue weighted by molar-refractivity contribution is 5.85. The average molecular weight is 335 g/mol. The monoisotopic (exact) mass is 334 g/mol. The lowest BCUT2D eigenvalue weighted by molar-refractivity contribution is 0.180. The van der Waals surface area contributed by atoms with Crippen LogP contribution in [0.15, 0.2) is 42.5 Å². The number of likely N-dealkylation sites (N-methyl/N-ethyl adjacent to an activating group) is 1. The lowest BCUT2D eigenvalue weighted by Crippen LogP contribution is -2.35. The highest BCUT2D eigenvalue weighted by Gasteiger charge is 2.16. The van der Waals surface area contributed by atoms with Gasteiger partial charge in [0.25, 0.3) is 0 Å². The normalized spacial score (nSPS) is 18.4. The predicted octanol–water partition coefficient (Wildman–Crippen LogP) is 3.71. The summed E-state index contributed by atoms with van der Waals surface area (Å²) in [5, 5.41) is 5.97. The number of benzene rings is 2. The second-order valence-corrected chi connectivity index (χ2v) is 6.17. The molecule has 0 spiro atoms. The summed E-state index contributed by atoms with van der Waals surface area (Å²) in [6.07, 6.45) is 3.81. The molecule has 1 saturated heterocycles. The van der Waals surface area contributed by atoms with Gasteiger partial charge in [0.05, 0.1) is 0 Å². The fourth-order valence-corrected chi connectivity index (χ4v) is 3.19. The lowest BCUT2D eigenvalue weighted by atomic mass is 10.1. The molecule has 0 amide bonds. The Morgan fingerprint density at radius 1 is 1.09 bits per heavy atom. The number of hydrogen-bond acceptors (Lipinski definition) is 3. The van der Waals surface area contributed by atoms with Crippen LogP contribution in [0.4, 0.5) is 0 Å². The Kier molecular flexibility index (Phi) is 7.15. The summed E-state index contributed by atoms with van der Waals surface area (Å²) in [6.45, 7) is 4.04. The molecule has 1 unspecified atom stereocenters. The molecule has 0 bridgehead atoms. The van der Waals surface area contributed by atoms with E-state index in [9.17, 15) is 0 Å². The van der Waals surface area contributed by atoms with Crippen LogP contribution in [0.1, 0.15) is 19.3 Å². The van der Waals surface area contributed by atoms with E-state index in [0.29, 0.717) is 6.04 Å². The molecule has 23 heavy (non-hydrogen) atoms. The molecular formula is C19H27ClN2O. The standard InChI is InChI=1S/C19H26N2O.ClH/c1-21(18-7-4-11-20-12-10-18)13-14-22-19-9-8-16-5-2-3-6-17(16)15-19;/h2-3,5-6,8-9,15,18,20H,4,7,10-14H2,1H3;1H. The number of nitrogens with one attached hydrogen (secondary N) is 1. The Morgan fingerprint density at radius 2 is 1.91 bits per heavy atom. The van der Waals surface area contributed by atoms with Crippen molar-refractivity contribution in [3.05, 3.63) is 42.5 Å². The van der Waals surface area contributed by atoms with E-state index in [4.69, 9.17) is 4.74 Å². The van der Waals surface area contributed by atoms with E-state index in [1.165, 1.54) is 30.0 Å². The third-order valence-corrected chi connectivity index (χ3v) is 4.60. The van der Waals surface area contributed by atoms with Crippen molar-refractivity contribution < 1.29 is 4.74 Å². The SMILES string of the molecule is CN(CCOc1ccc2ccccc2c1)C1CCCNCC1.Cl. The summed E-state index contributed by atoms with van der Waals surface area (Å²) in [5.74, 6) is 0.967. The maximum absolute atomic E-state index is 5.95. The Labute approximate surface area is 145 Å². The van der Waals surface area contributed by atoms with Crippen molar-refractivity contribution in [2.75, 3.05) is 33.3 Å². The van der Waals surface area contributed by atoms with Crippen molar-refractivity contribution in [3.63, 3.8) is 0 Å². The van der Waals surface area contributed by atoms with E-state index in [0.717, 1.165) is 32.0 Å². The van der Waals surface area contributed by atoms with Crippen molar-refractivity contribution in [3.8, 4) is 5.75 Å². The van der Waals surface area contributed by atoms with Crippen molar-refractivity contribution in [1.29, 1.82) is 0 Å². The fourth-order valence-electron chi connectivity index (χ4n) is 3.19. The van der Waals surface area contributed by atoms with E-state index < -0.39 is 0 Å². The van der Waals surface area contributed by atoms with E-state index in [1.807, 2.05) is 0 Å². The van der Waals surface area contributed by atoms with Gasteiger partial charge in [-0.1, -0.05) is 30.3 Å². The van der Waals surface area contributed by atoms with Crippen LogP contribution in [0, 0.1) is 0 Å². The maximum atomic E-state index is 5.95. The van der Waals surface area contributed by atoms with E-state index in [1.54, 1.807) is 0 Å². The van der Waals surface area contributed by atoms with Crippen LogP contribution in [0.2, 0.25) is 0 Å². The van der Waals surface area contributed by atoms with Crippen molar-refractivity contribution in [2.24, 2.45) is 0 Å². The zero-order chi connectivity index (χ0) is 15.2. The van der Waals surface area contributed by atoms with Crippen LogP contribution < -0.4 is 10.1 Å². The minimum Gasteiger partial charge on any atom is -0.492 e. The molecule has 1 heterocycles. The van der Waals surface area contributed by atoms with Crippen molar-refractivity contribution in [2.45, 2.75) is 25.3 Å². The minimum atomic E-state index is 0. The minimum absolute atomic E-state index is 0. The topological polar surface area (TPSA) is 24.5 Å². The number of halogens is 1. The summed E-state index contributed by atoms with van der Waals surface area (Å²) in [4.78, 5) is 2.45. The molecule has 0 aromatic heterocycles. The van der Waals surface area contributed by atoms with Gasteiger partial charge in [-0.05, 0) is 62.3 Å². The summed E-state index contributed by atoms with van der Waals surface area (Å²) >= 11 is 0. The smallest absolute Gasteiger partial charge is 0.120 e.